The lowest BCUT2D eigenvalue weighted by Gasteiger charge is -2.31. The SMILES string of the molecule is O=C(O)CC1CCCN(CCSC(F)(F)F)C1. The number of likely N-dealkylation sites (tertiary alicyclic amines) is 1. The second-order valence-corrected chi connectivity index (χ2v) is 5.36. The summed E-state index contributed by atoms with van der Waals surface area (Å²) >= 11 is -0.0156. The van der Waals surface area contributed by atoms with Gasteiger partial charge >= 0.3 is 11.5 Å². The Morgan fingerprint density at radius 1 is 1.47 bits per heavy atom. The number of aliphatic carboxylic acids is 1. The molecule has 3 nitrogen and oxygen atoms in total. The van der Waals surface area contributed by atoms with E-state index in [4.69, 9.17) is 5.11 Å². The van der Waals surface area contributed by atoms with E-state index in [1.165, 1.54) is 0 Å². The largest absolute Gasteiger partial charge is 0.481 e. The molecule has 1 rings (SSSR count). The Labute approximate surface area is 102 Å². The van der Waals surface area contributed by atoms with E-state index < -0.39 is 11.5 Å². The van der Waals surface area contributed by atoms with Gasteiger partial charge in [0.25, 0.3) is 0 Å². The van der Waals surface area contributed by atoms with E-state index in [0.717, 1.165) is 19.4 Å². The van der Waals surface area contributed by atoms with Crippen molar-refractivity contribution in [3.8, 4) is 0 Å². The van der Waals surface area contributed by atoms with Gasteiger partial charge in [-0.3, -0.25) is 4.79 Å². The third-order valence-electron chi connectivity index (χ3n) is 2.74. The highest BCUT2D eigenvalue weighted by Crippen LogP contribution is 2.30. The highest BCUT2D eigenvalue weighted by atomic mass is 32.2. The van der Waals surface area contributed by atoms with E-state index in [-0.39, 0.29) is 29.9 Å². The van der Waals surface area contributed by atoms with Crippen LogP contribution in [0.25, 0.3) is 0 Å². The van der Waals surface area contributed by atoms with Crippen LogP contribution in [0.3, 0.4) is 0 Å². The van der Waals surface area contributed by atoms with Gasteiger partial charge in [0.2, 0.25) is 0 Å². The lowest BCUT2D eigenvalue weighted by atomic mass is 9.95. The fourth-order valence-corrected chi connectivity index (χ4v) is 2.64. The van der Waals surface area contributed by atoms with Crippen molar-refractivity contribution in [3.63, 3.8) is 0 Å². The Balaban J connectivity index is 2.23. The first kappa shape index (κ1) is 14.6. The first-order valence-electron chi connectivity index (χ1n) is 5.51. The molecule has 1 aliphatic rings. The minimum Gasteiger partial charge on any atom is -0.481 e. The van der Waals surface area contributed by atoms with Gasteiger partial charge in [0.05, 0.1) is 0 Å². The average molecular weight is 271 g/mol. The highest BCUT2D eigenvalue weighted by Gasteiger charge is 2.28. The quantitative estimate of drug-likeness (QED) is 0.833. The number of rotatable bonds is 5. The minimum atomic E-state index is -4.17. The van der Waals surface area contributed by atoms with E-state index >= 15 is 0 Å². The molecule has 0 radical (unpaired) electrons. The Kier molecular flexibility index (Phi) is 5.58. The molecule has 0 aromatic heterocycles. The lowest BCUT2D eigenvalue weighted by Crippen LogP contribution is -2.37. The van der Waals surface area contributed by atoms with Crippen LogP contribution in [-0.4, -0.2) is 46.9 Å². The molecule has 17 heavy (non-hydrogen) atoms. The average Bonchev–Trinajstić information content (AvgIpc) is 2.15. The maximum absolute atomic E-state index is 11.9. The summed E-state index contributed by atoms with van der Waals surface area (Å²) < 4.78 is 35.8. The molecular weight excluding hydrogens is 255 g/mol. The second kappa shape index (κ2) is 6.49. The van der Waals surface area contributed by atoms with Crippen LogP contribution in [0.1, 0.15) is 19.3 Å². The van der Waals surface area contributed by atoms with Crippen molar-refractivity contribution in [2.45, 2.75) is 24.8 Å². The number of hydrogen-bond acceptors (Lipinski definition) is 3. The van der Waals surface area contributed by atoms with Crippen molar-refractivity contribution < 1.29 is 23.1 Å². The van der Waals surface area contributed by atoms with Crippen LogP contribution in [-0.2, 0) is 4.79 Å². The first-order valence-corrected chi connectivity index (χ1v) is 6.50. The maximum atomic E-state index is 11.9. The number of carboxylic acid groups (broad SMARTS) is 1. The smallest absolute Gasteiger partial charge is 0.441 e. The standard InChI is InChI=1S/C10H16F3NO2S/c11-10(12,13)17-5-4-14-3-1-2-8(7-14)6-9(15)16/h8H,1-7H2,(H,15,16). The fourth-order valence-electron chi connectivity index (χ4n) is 2.06. The van der Waals surface area contributed by atoms with Crippen LogP contribution < -0.4 is 0 Å². The lowest BCUT2D eigenvalue weighted by molar-refractivity contribution is -0.138. The summed E-state index contributed by atoms with van der Waals surface area (Å²) in [4.78, 5) is 12.5. The Morgan fingerprint density at radius 3 is 2.76 bits per heavy atom. The molecule has 1 unspecified atom stereocenters. The molecule has 0 spiro atoms. The molecule has 0 aliphatic carbocycles. The van der Waals surface area contributed by atoms with Crippen molar-refractivity contribution in [1.82, 2.24) is 4.90 Å². The zero-order valence-electron chi connectivity index (χ0n) is 9.37. The maximum Gasteiger partial charge on any atom is 0.441 e. The van der Waals surface area contributed by atoms with Crippen LogP contribution in [0.15, 0.2) is 0 Å². The number of nitrogens with zero attached hydrogens (tertiary/aromatic N) is 1. The van der Waals surface area contributed by atoms with Gasteiger partial charge in [-0.15, -0.1) is 0 Å². The number of alkyl halides is 3. The fraction of sp³-hybridized carbons (Fsp3) is 0.900. The Hall–Kier alpha value is -0.430. The van der Waals surface area contributed by atoms with Crippen molar-refractivity contribution in [1.29, 1.82) is 0 Å². The molecular formula is C10H16F3NO2S. The van der Waals surface area contributed by atoms with Gasteiger partial charge in [-0.2, -0.15) is 13.2 Å². The molecule has 1 N–H and O–H groups in total. The molecule has 0 saturated carbocycles. The molecule has 1 atom stereocenters. The second-order valence-electron chi connectivity index (χ2n) is 4.20. The van der Waals surface area contributed by atoms with Crippen LogP contribution in [0.4, 0.5) is 13.2 Å². The number of carbonyl (C=O) groups is 1. The van der Waals surface area contributed by atoms with Crippen molar-refractivity contribution in [3.05, 3.63) is 0 Å². The first-order chi connectivity index (χ1) is 7.87. The molecule has 0 aromatic rings. The van der Waals surface area contributed by atoms with Crippen molar-refractivity contribution in [2.75, 3.05) is 25.4 Å². The van der Waals surface area contributed by atoms with Gasteiger partial charge < -0.3 is 10.0 Å². The number of halogens is 3. The van der Waals surface area contributed by atoms with Crippen molar-refractivity contribution in [2.24, 2.45) is 5.92 Å². The van der Waals surface area contributed by atoms with E-state index in [0.29, 0.717) is 13.1 Å². The third kappa shape index (κ3) is 6.78. The summed E-state index contributed by atoms with van der Waals surface area (Å²) in [5.41, 5.74) is -4.17. The Morgan fingerprint density at radius 2 is 2.18 bits per heavy atom. The van der Waals surface area contributed by atoms with Crippen LogP contribution in [0.5, 0.6) is 0 Å². The zero-order chi connectivity index (χ0) is 12.9. The number of thioether (sulfide) groups is 1. The predicted octanol–water partition coefficient (Wildman–Crippen LogP) is 2.43. The topological polar surface area (TPSA) is 40.5 Å². The normalized spacial score (nSPS) is 22.6. The van der Waals surface area contributed by atoms with Gasteiger partial charge in [-0.25, -0.2) is 0 Å². The molecule has 0 bridgehead atoms. The zero-order valence-corrected chi connectivity index (χ0v) is 10.2. The summed E-state index contributed by atoms with van der Waals surface area (Å²) in [6, 6.07) is 0. The van der Waals surface area contributed by atoms with E-state index in [1.807, 2.05) is 4.90 Å². The summed E-state index contributed by atoms with van der Waals surface area (Å²) in [6.45, 7) is 1.75. The van der Waals surface area contributed by atoms with Gasteiger partial charge in [-0.1, -0.05) is 0 Å². The number of hydrogen-bond donors (Lipinski definition) is 1. The Bertz CT molecular complexity index is 260. The molecule has 0 amide bonds. The van der Waals surface area contributed by atoms with E-state index in [1.54, 1.807) is 0 Å². The van der Waals surface area contributed by atoms with Crippen LogP contribution >= 0.6 is 11.8 Å². The van der Waals surface area contributed by atoms with Crippen molar-refractivity contribution >= 4 is 17.7 Å². The summed E-state index contributed by atoms with van der Waals surface area (Å²) in [5, 5.41) is 8.66. The van der Waals surface area contributed by atoms with Crippen LogP contribution in [0, 0.1) is 5.92 Å². The summed E-state index contributed by atoms with van der Waals surface area (Å²) in [5.74, 6) is -0.734. The molecule has 1 fully saturated rings. The van der Waals surface area contributed by atoms with E-state index in [9.17, 15) is 18.0 Å². The minimum absolute atomic E-state index is 0.0156. The summed E-state index contributed by atoms with van der Waals surface area (Å²) in [6.07, 6.45) is 1.84. The molecule has 1 saturated heterocycles. The van der Waals surface area contributed by atoms with Gasteiger partial charge in [0, 0.05) is 25.3 Å². The molecule has 0 aromatic carbocycles. The van der Waals surface area contributed by atoms with Gasteiger partial charge in [-0.05, 0) is 37.1 Å². The van der Waals surface area contributed by atoms with Gasteiger partial charge in [0.1, 0.15) is 0 Å². The van der Waals surface area contributed by atoms with Gasteiger partial charge in [0.15, 0.2) is 0 Å². The molecule has 100 valence electrons. The number of piperidine rings is 1. The molecule has 1 aliphatic heterocycles. The molecule has 7 heteroatoms. The highest BCUT2D eigenvalue weighted by molar-refractivity contribution is 8.00. The van der Waals surface area contributed by atoms with E-state index in [2.05, 4.69) is 0 Å². The predicted molar refractivity (Wildman–Crippen MR) is 59.9 cm³/mol. The van der Waals surface area contributed by atoms with Crippen LogP contribution in [0.2, 0.25) is 0 Å². The monoisotopic (exact) mass is 271 g/mol. The summed E-state index contributed by atoms with van der Waals surface area (Å²) in [7, 11) is 0. The number of carboxylic acids is 1. The molecule has 1 heterocycles. The third-order valence-corrected chi connectivity index (χ3v) is 3.45.